The summed E-state index contributed by atoms with van der Waals surface area (Å²) in [6, 6.07) is 9.60. The first-order valence-corrected chi connectivity index (χ1v) is 10.3. The van der Waals surface area contributed by atoms with Crippen molar-refractivity contribution in [1.29, 1.82) is 0 Å². The second-order valence-electron chi connectivity index (χ2n) is 6.98. The van der Waals surface area contributed by atoms with Crippen molar-refractivity contribution in [2.75, 3.05) is 6.26 Å². The monoisotopic (exact) mass is 399 g/mol. The number of carbonyl (C=O) groups is 1. The number of rotatable bonds is 4. The number of pyridine rings is 1. The Balaban J connectivity index is 1.79. The molecule has 0 saturated heterocycles. The third-order valence-corrected chi connectivity index (χ3v) is 5.56. The first-order chi connectivity index (χ1) is 13.1. The number of ether oxygens (including phenoxy) is 2. The summed E-state index contributed by atoms with van der Waals surface area (Å²) in [6.07, 6.45) is 4.15. The van der Waals surface area contributed by atoms with Gasteiger partial charge in [-0.25, -0.2) is 18.2 Å². The van der Waals surface area contributed by atoms with Gasteiger partial charge >= 0.3 is 5.97 Å². The second kappa shape index (κ2) is 6.20. The summed E-state index contributed by atoms with van der Waals surface area (Å²) >= 11 is 0. The van der Waals surface area contributed by atoms with Gasteiger partial charge in [-0.2, -0.15) is 0 Å². The maximum Gasteiger partial charge on any atom is 0.375 e. The van der Waals surface area contributed by atoms with Crippen LogP contribution in [0.2, 0.25) is 0 Å². The van der Waals surface area contributed by atoms with E-state index in [9.17, 15) is 13.2 Å². The third-order valence-electron chi connectivity index (χ3n) is 4.43. The zero-order valence-electron chi connectivity index (χ0n) is 15.4. The molecule has 4 rings (SSSR count). The van der Waals surface area contributed by atoms with Crippen LogP contribution in [-0.2, 0) is 19.4 Å². The molecule has 0 saturated carbocycles. The largest absolute Gasteiger partial charge is 0.463 e. The Bertz CT molecular complexity index is 1220. The number of sulfone groups is 1. The SMILES string of the molecule is CC1(C)OC(=O)C(Oc2cnc3ccoc3c2)=C1c1ccc(S(C)(=O)=O)cc1. The fourth-order valence-electron chi connectivity index (χ4n) is 3.15. The molecule has 1 aliphatic heterocycles. The quantitative estimate of drug-likeness (QED) is 0.621. The molecular formula is C20H17NO6S. The average molecular weight is 399 g/mol. The van der Waals surface area contributed by atoms with Gasteiger partial charge < -0.3 is 13.9 Å². The van der Waals surface area contributed by atoms with Crippen molar-refractivity contribution in [2.45, 2.75) is 24.3 Å². The Labute approximate surface area is 161 Å². The van der Waals surface area contributed by atoms with Crippen LogP contribution < -0.4 is 4.74 Å². The van der Waals surface area contributed by atoms with Gasteiger partial charge in [-0.1, -0.05) is 12.1 Å². The summed E-state index contributed by atoms with van der Waals surface area (Å²) < 4.78 is 40.0. The van der Waals surface area contributed by atoms with E-state index in [2.05, 4.69) is 4.98 Å². The van der Waals surface area contributed by atoms with Crippen LogP contribution >= 0.6 is 0 Å². The maximum atomic E-state index is 12.5. The van der Waals surface area contributed by atoms with Crippen molar-refractivity contribution < 1.29 is 27.1 Å². The second-order valence-corrected chi connectivity index (χ2v) is 8.99. The van der Waals surface area contributed by atoms with Crippen molar-refractivity contribution >= 4 is 32.5 Å². The number of nitrogens with zero attached hydrogens (tertiary/aromatic N) is 1. The number of benzene rings is 1. The lowest BCUT2D eigenvalue weighted by Gasteiger charge is -2.21. The van der Waals surface area contributed by atoms with E-state index in [1.165, 1.54) is 24.6 Å². The van der Waals surface area contributed by atoms with E-state index in [0.717, 1.165) is 6.26 Å². The van der Waals surface area contributed by atoms with E-state index < -0.39 is 21.4 Å². The van der Waals surface area contributed by atoms with E-state index >= 15 is 0 Å². The van der Waals surface area contributed by atoms with Crippen LogP contribution in [-0.4, -0.2) is 31.2 Å². The van der Waals surface area contributed by atoms with Gasteiger partial charge in [0.2, 0.25) is 5.76 Å². The number of furan rings is 1. The number of aromatic nitrogens is 1. The Hall–Kier alpha value is -3.13. The summed E-state index contributed by atoms with van der Waals surface area (Å²) in [5.41, 5.74) is 1.42. The van der Waals surface area contributed by atoms with Gasteiger partial charge in [0, 0.05) is 18.4 Å². The molecule has 7 nitrogen and oxygen atoms in total. The highest BCUT2D eigenvalue weighted by molar-refractivity contribution is 7.90. The molecule has 0 unspecified atom stereocenters. The van der Waals surface area contributed by atoms with Crippen molar-refractivity contribution in [3.63, 3.8) is 0 Å². The van der Waals surface area contributed by atoms with Crippen molar-refractivity contribution in [3.05, 3.63) is 60.2 Å². The summed E-state index contributed by atoms with van der Waals surface area (Å²) in [6.45, 7) is 3.49. The van der Waals surface area contributed by atoms with Crippen LogP contribution in [0.4, 0.5) is 0 Å². The molecule has 2 aromatic heterocycles. The zero-order chi connectivity index (χ0) is 20.1. The van der Waals surface area contributed by atoms with Gasteiger partial charge in [0.05, 0.1) is 22.9 Å². The van der Waals surface area contributed by atoms with E-state index in [0.29, 0.717) is 28.0 Å². The summed E-state index contributed by atoms with van der Waals surface area (Å²) in [5.74, 6) is -0.242. The molecule has 0 atom stereocenters. The number of fused-ring (bicyclic) bond motifs is 1. The van der Waals surface area contributed by atoms with E-state index in [1.807, 2.05) is 0 Å². The molecule has 3 heterocycles. The molecule has 3 aromatic rings. The van der Waals surface area contributed by atoms with Gasteiger partial charge in [0.25, 0.3) is 0 Å². The lowest BCUT2D eigenvalue weighted by atomic mass is 9.92. The van der Waals surface area contributed by atoms with Crippen LogP contribution in [0.1, 0.15) is 19.4 Å². The highest BCUT2D eigenvalue weighted by Gasteiger charge is 2.43. The van der Waals surface area contributed by atoms with Crippen LogP contribution in [0, 0.1) is 0 Å². The fourth-order valence-corrected chi connectivity index (χ4v) is 3.78. The predicted molar refractivity (Wildman–Crippen MR) is 101 cm³/mol. The van der Waals surface area contributed by atoms with Crippen LogP contribution in [0.25, 0.3) is 16.7 Å². The van der Waals surface area contributed by atoms with Gasteiger partial charge in [0.1, 0.15) is 16.9 Å². The van der Waals surface area contributed by atoms with Crippen molar-refractivity contribution in [1.82, 2.24) is 4.98 Å². The number of carbonyl (C=O) groups excluding carboxylic acids is 1. The van der Waals surface area contributed by atoms with Crippen molar-refractivity contribution in [3.8, 4) is 5.75 Å². The molecule has 28 heavy (non-hydrogen) atoms. The maximum absolute atomic E-state index is 12.5. The van der Waals surface area contributed by atoms with Gasteiger partial charge in [-0.15, -0.1) is 0 Å². The summed E-state index contributed by atoms with van der Waals surface area (Å²) in [7, 11) is -3.32. The number of hydrogen-bond acceptors (Lipinski definition) is 7. The third kappa shape index (κ3) is 3.16. The molecule has 0 fully saturated rings. The minimum atomic E-state index is -3.32. The minimum Gasteiger partial charge on any atom is -0.463 e. The lowest BCUT2D eigenvalue weighted by molar-refractivity contribution is -0.145. The molecule has 1 aromatic carbocycles. The predicted octanol–water partition coefficient (Wildman–Crippen LogP) is 3.36. The minimum absolute atomic E-state index is 0.0322. The van der Waals surface area contributed by atoms with Crippen LogP contribution in [0.3, 0.4) is 0 Å². The van der Waals surface area contributed by atoms with E-state index in [1.54, 1.807) is 38.1 Å². The van der Waals surface area contributed by atoms with E-state index in [4.69, 9.17) is 13.9 Å². The van der Waals surface area contributed by atoms with Gasteiger partial charge in [0.15, 0.2) is 15.4 Å². The molecule has 0 radical (unpaired) electrons. The molecule has 0 spiro atoms. The topological polar surface area (TPSA) is 95.7 Å². The molecule has 8 heteroatoms. The van der Waals surface area contributed by atoms with Gasteiger partial charge in [-0.05, 0) is 31.5 Å². The van der Waals surface area contributed by atoms with Crippen LogP contribution in [0.15, 0.2) is 63.9 Å². The Morgan fingerprint density at radius 1 is 1.11 bits per heavy atom. The first kappa shape index (κ1) is 18.2. The lowest BCUT2D eigenvalue weighted by Crippen LogP contribution is -2.22. The Morgan fingerprint density at radius 2 is 1.82 bits per heavy atom. The number of cyclic esters (lactones) is 1. The molecule has 1 aliphatic rings. The molecule has 144 valence electrons. The standard InChI is InChI=1S/C20H17NO6S/c1-20(2)17(12-4-6-14(7-5-12)28(3,23)24)18(19(22)27-20)26-13-10-16-15(21-11-13)8-9-25-16/h4-11H,1-3H3. The summed E-state index contributed by atoms with van der Waals surface area (Å²) in [5, 5.41) is 0. The molecule has 0 aliphatic carbocycles. The molecule has 0 bridgehead atoms. The average Bonchev–Trinajstić information content (AvgIpc) is 3.16. The summed E-state index contributed by atoms with van der Waals surface area (Å²) in [4.78, 5) is 16.9. The van der Waals surface area contributed by atoms with Gasteiger partial charge in [-0.3, -0.25) is 0 Å². The zero-order valence-corrected chi connectivity index (χ0v) is 16.2. The Kier molecular flexibility index (Phi) is 4.04. The highest BCUT2D eigenvalue weighted by Crippen LogP contribution is 2.40. The van der Waals surface area contributed by atoms with Crippen molar-refractivity contribution in [2.24, 2.45) is 0 Å². The van der Waals surface area contributed by atoms with E-state index in [-0.39, 0.29) is 10.7 Å². The normalized spacial score (nSPS) is 16.5. The smallest absolute Gasteiger partial charge is 0.375 e. The molecular weight excluding hydrogens is 382 g/mol. The molecule has 0 amide bonds. The number of esters is 1. The first-order valence-electron chi connectivity index (χ1n) is 8.45. The number of hydrogen-bond donors (Lipinski definition) is 0. The fraction of sp³-hybridized carbons (Fsp3) is 0.200. The van der Waals surface area contributed by atoms with Crippen LogP contribution in [0.5, 0.6) is 5.75 Å². The molecule has 0 N–H and O–H groups in total. The Morgan fingerprint density at radius 3 is 2.50 bits per heavy atom. The highest BCUT2D eigenvalue weighted by atomic mass is 32.2.